The minimum atomic E-state index is -1.10. The Hall–Kier alpha value is -2.71. The first kappa shape index (κ1) is 19.6. The van der Waals surface area contributed by atoms with E-state index in [-0.39, 0.29) is 35.6 Å². The van der Waals surface area contributed by atoms with Crippen molar-refractivity contribution in [1.29, 1.82) is 0 Å². The largest absolute Gasteiger partial charge is 0.478 e. The maximum absolute atomic E-state index is 13.8. The third kappa shape index (κ3) is 5.14. The highest BCUT2D eigenvalue weighted by Gasteiger charge is 2.15. The Morgan fingerprint density at radius 2 is 2.04 bits per heavy atom. The number of carboxylic acid groups (broad SMARTS) is 1. The van der Waals surface area contributed by atoms with Gasteiger partial charge in [-0.25, -0.2) is 9.18 Å². The summed E-state index contributed by atoms with van der Waals surface area (Å²) in [6.07, 6.45) is 0. The number of hydrogen-bond acceptors (Lipinski definition) is 5. The molecule has 1 amide bonds. The molecule has 0 saturated heterocycles. The molecule has 0 radical (unpaired) electrons. The van der Waals surface area contributed by atoms with Gasteiger partial charge in [0.2, 0.25) is 0 Å². The lowest BCUT2D eigenvalue weighted by atomic mass is 10.1. The van der Waals surface area contributed by atoms with E-state index in [9.17, 15) is 14.0 Å². The zero-order valence-electron chi connectivity index (χ0n) is 14.5. The van der Waals surface area contributed by atoms with E-state index in [2.05, 4.69) is 5.32 Å². The molecule has 0 bridgehead atoms. The van der Waals surface area contributed by atoms with Crippen molar-refractivity contribution in [3.8, 4) is 0 Å². The number of amides is 1. The molecule has 1 aromatic heterocycles. The Balaban J connectivity index is 1.98. The SMILES string of the molecule is COCCOCc1cc(C(=O)NCc2cc(C(=O)O)c(C)o2)ccc1F. The van der Waals surface area contributed by atoms with Crippen molar-refractivity contribution in [2.75, 3.05) is 20.3 Å². The monoisotopic (exact) mass is 365 g/mol. The molecule has 0 fully saturated rings. The van der Waals surface area contributed by atoms with E-state index in [0.29, 0.717) is 19.0 Å². The predicted molar refractivity (Wildman–Crippen MR) is 89.5 cm³/mol. The second-order valence-electron chi connectivity index (χ2n) is 5.52. The number of rotatable bonds is 9. The van der Waals surface area contributed by atoms with Crippen LogP contribution in [0.3, 0.4) is 0 Å². The Kier molecular flexibility index (Phi) is 6.88. The van der Waals surface area contributed by atoms with Crippen LogP contribution in [-0.4, -0.2) is 37.3 Å². The van der Waals surface area contributed by atoms with Gasteiger partial charge in [-0.3, -0.25) is 4.79 Å². The van der Waals surface area contributed by atoms with Gasteiger partial charge in [-0.2, -0.15) is 0 Å². The van der Waals surface area contributed by atoms with Gasteiger partial charge in [0, 0.05) is 18.2 Å². The van der Waals surface area contributed by atoms with Gasteiger partial charge in [-0.05, 0) is 31.2 Å². The van der Waals surface area contributed by atoms with Crippen LogP contribution in [0.5, 0.6) is 0 Å². The lowest BCUT2D eigenvalue weighted by Gasteiger charge is -2.08. The maximum atomic E-state index is 13.8. The van der Waals surface area contributed by atoms with Gasteiger partial charge < -0.3 is 24.3 Å². The number of ether oxygens (including phenoxy) is 2. The number of halogens is 1. The molecule has 0 aliphatic carbocycles. The number of nitrogens with one attached hydrogen (secondary N) is 1. The summed E-state index contributed by atoms with van der Waals surface area (Å²) in [5.74, 6) is -1.42. The molecular formula is C18H20FNO6. The van der Waals surface area contributed by atoms with Crippen LogP contribution < -0.4 is 5.32 Å². The van der Waals surface area contributed by atoms with Crippen LogP contribution in [0.4, 0.5) is 4.39 Å². The number of benzene rings is 1. The highest BCUT2D eigenvalue weighted by atomic mass is 19.1. The molecule has 0 atom stereocenters. The normalized spacial score (nSPS) is 10.7. The van der Waals surface area contributed by atoms with Gasteiger partial charge in [0.25, 0.3) is 5.91 Å². The van der Waals surface area contributed by atoms with Crippen molar-refractivity contribution < 1.29 is 33.0 Å². The summed E-state index contributed by atoms with van der Waals surface area (Å²) in [7, 11) is 1.54. The Bertz CT molecular complexity index is 786. The second-order valence-corrected chi connectivity index (χ2v) is 5.52. The lowest BCUT2D eigenvalue weighted by Crippen LogP contribution is -2.22. The van der Waals surface area contributed by atoms with E-state index in [1.807, 2.05) is 0 Å². The molecule has 140 valence electrons. The highest BCUT2D eigenvalue weighted by molar-refractivity contribution is 5.94. The van der Waals surface area contributed by atoms with E-state index in [1.165, 1.54) is 38.3 Å². The van der Waals surface area contributed by atoms with Crippen molar-refractivity contribution in [1.82, 2.24) is 5.32 Å². The number of methoxy groups -OCH3 is 1. The van der Waals surface area contributed by atoms with Crippen LogP contribution in [0.15, 0.2) is 28.7 Å². The van der Waals surface area contributed by atoms with Crippen molar-refractivity contribution >= 4 is 11.9 Å². The molecular weight excluding hydrogens is 345 g/mol. The van der Waals surface area contributed by atoms with Gasteiger partial charge in [0.05, 0.1) is 26.4 Å². The molecule has 0 unspecified atom stereocenters. The number of carbonyl (C=O) groups is 2. The first-order chi connectivity index (χ1) is 12.4. The van der Waals surface area contributed by atoms with Gasteiger partial charge in [0.1, 0.15) is 22.9 Å². The summed E-state index contributed by atoms with van der Waals surface area (Å²) in [6.45, 7) is 2.28. The topological polar surface area (TPSA) is 98.0 Å². The molecule has 1 heterocycles. The van der Waals surface area contributed by atoms with E-state index < -0.39 is 17.7 Å². The average Bonchev–Trinajstić information content (AvgIpc) is 2.99. The van der Waals surface area contributed by atoms with E-state index in [4.69, 9.17) is 19.0 Å². The quantitative estimate of drug-likeness (QED) is 0.663. The Morgan fingerprint density at radius 3 is 2.69 bits per heavy atom. The summed E-state index contributed by atoms with van der Waals surface area (Å²) in [5.41, 5.74) is 0.570. The molecule has 0 spiro atoms. The fourth-order valence-electron chi connectivity index (χ4n) is 2.26. The Labute approximate surface area is 149 Å². The maximum Gasteiger partial charge on any atom is 0.339 e. The van der Waals surface area contributed by atoms with Crippen molar-refractivity contribution in [3.05, 3.63) is 58.3 Å². The summed E-state index contributed by atoms with van der Waals surface area (Å²) >= 11 is 0. The van der Waals surface area contributed by atoms with Gasteiger partial charge in [0.15, 0.2) is 0 Å². The predicted octanol–water partition coefficient (Wildman–Crippen LogP) is 2.52. The molecule has 0 saturated carbocycles. The molecule has 7 nitrogen and oxygen atoms in total. The summed E-state index contributed by atoms with van der Waals surface area (Å²) < 4.78 is 29.2. The van der Waals surface area contributed by atoms with E-state index in [1.54, 1.807) is 0 Å². The standard InChI is InChI=1S/C18H20FNO6/c1-11-15(18(22)23)8-14(26-11)9-20-17(21)12-3-4-16(19)13(7-12)10-25-6-5-24-2/h3-4,7-8H,5-6,9-10H2,1-2H3,(H,20,21)(H,22,23). The summed E-state index contributed by atoms with van der Waals surface area (Å²) in [4.78, 5) is 23.2. The van der Waals surface area contributed by atoms with Crippen molar-refractivity contribution in [2.24, 2.45) is 0 Å². The molecule has 26 heavy (non-hydrogen) atoms. The van der Waals surface area contributed by atoms with Crippen LogP contribution in [0.2, 0.25) is 0 Å². The molecule has 1 aromatic carbocycles. The highest BCUT2D eigenvalue weighted by Crippen LogP contribution is 2.15. The van der Waals surface area contributed by atoms with Crippen molar-refractivity contribution in [2.45, 2.75) is 20.1 Å². The number of aryl methyl sites for hydroxylation is 1. The van der Waals surface area contributed by atoms with E-state index in [0.717, 1.165) is 0 Å². The fraction of sp³-hybridized carbons (Fsp3) is 0.333. The third-order valence-corrected chi connectivity index (χ3v) is 3.62. The number of aromatic carboxylic acids is 1. The van der Waals surface area contributed by atoms with Crippen LogP contribution in [0.25, 0.3) is 0 Å². The first-order valence-corrected chi connectivity index (χ1v) is 7.88. The molecule has 2 N–H and O–H groups in total. The van der Waals surface area contributed by atoms with Crippen LogP contribution >= 0.6 is 0 Å². The van der Waals surface area contributed by atoms with Crippen LogP contribution in [0, 0.1) is 12.7 Å². The average molecular weight is 365 g/mol. The first-order valence-electron chi connectivity index (χ1n) is 7.88. The van der Waals surface area contributed by atoms with Gasteiger partial charge in [-0.15, -0.1) is 0 Å². The number of furan rings is 1. The zero-order chi connectivity index (χ0) is 19.1. The minimum Gasteiger partial charge on any atom is -0.478 e. The lowest BCUT2D eigenvalue weighted by molar-refractivity contribution is 0.0604. The Morgan fingerprint density at radius 1 is 1.27 bits per heavy atom. The van der Waals surface area contributed by atoms with Gasteiger partial charge >= 0.3 is 5.97 Å². The zero-order valence-corrected chi connectivity index (χ0v) is 14.5. The van der Waals surface area contributed by atoms with Crippen molar-refractivity contribution in [3.63, 3.8) is 0 Å². The second kappa shape index (κ2) is 9.12. The number of carboxylic acids is 1. The fourth-order valence-corrected chi connectivity index (χ4v) is 2.26. The van der Waals surface area contributed by atoms with Crippen LogP contribution in [0.1, 0.15) is 37.8 Å². The van der Waals surface area contributed by atoms with Gasteiger partial charge in [-0.1, -0.05) is 0 Å². The smallest absolute Gasteiger partial charge is 0.339 e. The molecule has 2 rings (SSSR count). The summed E-state index contributed by atoms with van der Waals surface area (Å²) in [5, 5.41) is 11.6. The molecule has 0 aliphatic heterocycles. The van der Waals surface area contributed by atoms with E-state index >= 15 is 0 Å². The molecule has 8 heteroatoms. The number of hydrogen-bond donors (Lipinski definition) is 2. The van der Waals surface area contributed by atoms with Crippen LogP contribution in [-0.2, 0) is 22.6 Å². The third-order valence-electron chi connectivity index (χ3n) is 3.62. The minimum absolute atomic E-state index is 0.0179. The number of carbonyl (C=O) groups excluding carboxylic acids is 1. The molecule has 2 aromatic rings. The molecule has 0 aliphatic rings. The summed E-state index contributed by atoms with van der Waals surface area (Å²) in [6, 6.07) is 5.33.